The molecule has 144 valence electrons. The lowest BCUT2D eigenvalue weighted by Crippen LogP contribution is -1.89. The molecule has 1 aromatic rings. The summed E-state index contributed by atoms with van der Waals surface area (Å²) in [7, 11) is 0. The maximum absolute atomic E-state index is 4.35. The first-order chi connectivity index (χ1) is 10.8. The zero-order valence-corrected chi connectivity index (χ0v) is 17.9. The smallest absolute Gasteiger partial charge is 0.0403 e. The third-order valence-corrected chi connectivity index (χ3v) is 4.01. The first-order valence-electron chi connectivity index (χ1n) is 9.75. The fraction of sp³-hybridized carbons (Fsp3) is 0.762. The van der Waals surface area contributed by atoms with E-state index in [1.165, 1.54) is 82.7 Å². The van der Waals surface area contributed by atoms with Crippen molar-refractivity contribution in [3.8, 4) is 0 Å². The third kappa shape index (κ3) is 21.7. The third-order valence-electron chi connectivity index (χ3n) is 4.01. The average Bonchev–Trinajstić information content (AvgIpc) is 2.58. The van der Waals surface area contributed by atoms with Crippen LogP contribution in [0.5, 0.6) is 0 Å². The number of aryl methyl sites for hydroxylation is 1. The van der Waals surface area contributed by atoms with E-state index in [4.69, 9.17) is 0 Å². The van der Waals surface area contributed by atoms with E-state index in [1.54, 1.807) is 0 Å². The molecule has 0 fully saturated rings. The molecule has 1 nitrogen and oxygen atoms in total. The average molecular weight is 378 g/mol. The van der Waals surface area contributed by atoms with Gasteiger partial charge in [0.1, 0.15) is 0 Å². The van der Waals surface area contributed by atoms with E-state index < -0.39 is 0 Å². The first kappa shape index (κ1) is 28.5. The first-order valence-corrected chi connectivity index (χ1v) is 9.75. The molecule has 0 aliphatic rings. The van der Waals surface area contributed by atoms with Gasteiger partial charge in [-0.3, -0.25) is 4.98 Å². The highest BCUT2D eigenvalue weighted by Crippen LogP contribution is 2.11. The van der Waals surface area contributed by atoms with Crippen LogP contribution in [0.1, 0.15) is 104 Å². The Morgan fingerprint density at radius 2 is 1.12 bits per heavy atom. The molecule has 0 bridgehead atoms. The van der Waals surface area contributed by atoms with Crippen molar-refractivity contribution in [3.63, 3.8) is 0 Å². The van der Waals surface area contributed by atoms with Crippen molar-refractivity contribution < 1.29 is 0 Å². The molecule has 0 aliphatic heterocycles. The molecule has 1 aromatic heterocycles. The highest BCUT2D eigenvalue weighted by molar-refractivity contribution is 5.85. The maximum atomic E-state index is 4.35. The van der Waals surface area contributed by atoms with Gasteiger partial charge >= 0.3 is 0 Å². The van der Waals surface area contributed by atoms with Crippen LogP contribution >= 0.6 is 24.8 Å². The number of hydrogen-bond donors (Lipinski definition) is 0. The van der Waals surface area contributed by atoms with Crippen molar-refractivity contribution in [3.05, 3.63) is 30.1 Å². The number of rotatable bonds is 12. The molecule has 0 saturated heterocycles. The van der Waals surface area contributed by atoms with Crippen LogP contribution in [0.15, 0.2) is 24.4 Å². The molecule has 1 heterocycles. The SMILES string of the molecule is CCCC.CCCCCCCCCCCCc1ccccn1.Cl.Cl. The number of halogens is 2. The van der Waals surface area contributed by atoms with Crippen molar-refractivity contribution in [2.45, 2.75) is 104 Å². The molecule has 0 radical (unpaired) electrons. The zero-order valence-electron chi connectivity index (χ0n) is 16.3. The molecular weight excluding hydrogens is 337 g/mol. The van der Waals surface area contributed by atoms with Crippen molar-refractivity contribution in [1.82, 2.24) is 4.98 Å². The summed E-state index contributed by atoms with van der Waals surface area (Å²) in [5.41, 5.74) is 1.25. The molecule has 0 spiro atoms. The fourth-order valence-corrected chi connectivity index (χ4v) is 2.34. The Morgan fingerprint density at radius 1 is 0.625 bits per heavy atom. The maximum Gasteiger partial charge on any atom is 0.0403 e. The Hall–Kier alpha value is -0.270. The van der Waals surface area contributed by atoms with Gasteiger partial charge in [-0.1, -0.05) is 97.5 Å². The van der Waals surface area contributed by atoms with Crippen LogP contribution < -0.4 is 0 Å². The Morgan fingerprint density at radius 3 is 1.54 bits per heavy atom. The van der Waals surface area contributed by atoms with Gasteiger partial charge in [-0.2, -0.15) is 0 Å². The normalized spacial score (nSPS) is 9.29. The van der Waals surface area contributed by atoms with Gasteiger partial charge in [0, 0.05) is 11.9 Å². The van der Waals surface area contributed by atoms with Crippen LogP contribution in [0.2, 0.25) is 0 Å². The van der Waals surface area contributed by atoms with Gasteiger partial charge in [0.05, 0.1) is 0 Å². The van der Waals surface area contributed by atoms with Crippen molar-refractivity contribution in [2.24, 2.45) is 0 Å². The summed E-state index contributed by atoms with van der Waals surface area (Å²) >= 11 is 0. The quantitative estimate of drug-likeness (QED) is 0.334. The second kappa shape index (κ2) is 25.0. The number of nitrogens with zero attached hydrogens (tertiary/aromatic N) is 1. The van der Waals surface area contributed by atoms with Crippen molar-refractivity contribution >= 4 is 24.8 Å². The summed E-state index contributed by atoms with van der Waals surface area (Å²) in [6.07, 6.45) is 19.7. The Kier molecular flexibility index (Phi) is 29.7. The highest BCUT2D eigenvalue weighted by Gasteiger charge is 1.95. The second-order valence-corrected chi connectivity index (χ2v) is 6.25. The van der Waals surface area contributed by atoms with Gasteiger partial charge in [-0.05, 0) is 25.0 Å². The number of unbranched alkanes of at least 4 members (excludes halogenated alkanes) is 10. The van der Waals surface area contributed by atoms with Crippen LogP contribution in [-0.4, -0.2) is 4.98 Å². The fourth-order valence-electron chi connectivity index (χ4n) is 2.34. The summed E-state index contributed by atoms with van der Waals surface area (Å²) in [5.74, 6) is 0. The zero-order chi connectivity index (χ0) is 16.3. The molecule has 0 aliphatic carbocycles. The Bertz CT molecular complexity index is 302. The lowest BCUT2D eigenvalue weighted by atomic mass is 10.1. The molecule has 0 saturated carbocycles. The Balaban J connectivity index is -0.000000661. The van der Waals surface area contributed by atoms with Crippen LogP contribution in [0.25, 0.3) is 0 Å². The lowest BCUT2D eigenvalue weighted by Gasteiger charge is -2.02. The minimum absolute atomic E-state index is 0. The van der Waals surface area contributed by atoms with Gasteiger partial charge in [0.25, 0.3) is 0 Å². The van der Waals surface area contributed by atoms with Gasteiger partial charge in [0.2, 0.25) is 0 Å². The van der Waals surface area contributed by atoms with Crippen LogP contribution in [0.3, 0.4) is 0 Å². The van der Waals surface area contributed by atoms with E-state index in [-0.39, 0.29) is 24.8 Å². The van der Waals surface area contributed by atoms with Crippen LogP contribution in [-0.2, 0) is 6.42 Å². The number of aromatic nitrogens is 1. The van der Waals surface area contributed by atoms with E-state index in [0.717, 1.165) is 6.42 Å². The lowest BCUT2D eigenvalue weighted by molar-refractivity contribution is 0.555. The molecule has 0 atom stereocenters. The van der Waals surface area contributed by atoms with E-state index in [1.807, 2.05) is 12.3 Å². The molecular formula is C21H41Cl2N. The molecule has 1 rings (SSSR count). The van der Waals surface area contributed by atoms with Gasteiger partial charge < -0.3 is 0 Å². The summed E-state index contributed by atoms with van der Waals surface area (Å²) in [5, 5.41) is 0. The van der Waals surface area contributed by atoms with Crippen molar-refractivity contribution in [2.75, 3.05) is 0 Å². The van der Waals surface area contributed by atoms with E-state index >= 15 is 0 Å². The topological polar surface area (TPSA) is 12.9 Å². The van der Waals surface area contributed by atoms with Crippen LogP contribution in [0.4, 0.5) is 0 Å². The van der Waals surface area contributed by atoms with Gasteiger partial charge in [0.15, 0.2) is 0 Å². The molecule has 0 unspecified atom stereocenters. The van der Waals surface area contributed by atoms with Gasteiger partial charge in [-0.15, -0.1) is 24.8 Å². The van der Waals surface area contributed by atoms with Gasteiger partial charge in [-0.25, -0.2) is 0 Å². The molecule has 0 aromatic carbocycles. The van der Waals surface area contributed by atoms with E-state index in [0.29, 0.717) is 0 Å². The summed E-state index contributed by atoms with van der Waals surface area (Å²) in [4.78, 5) is 4.35. The monoisotopic (exact) mass is 377 g/mol. The predicted octanol–water partition coefficient (Wildman–Crippen LogP) is 8.20. The van der Waals surface area contributed by atoms with E-state index in [2.05, 4.69) is 37.9 Å². The summed E-state index contributed by atoms with van der Waals surface area (Å²) < 4.78 is 0. The molecule has 0 amide bonds. The van der Waals surface area contributed by atoms with Crippen molar-refractivity contribution in [1.29, 1.82) is 0 Å². The Labute approximate surface area is 164 Å². The summed E-state index contributed by atoms with van der Waals surface area (Å²) in [6, 6.07) is 6.20. The standard InChI is InChI=1S/C17H29N.C4H10.2ClH/c1-2-3-4-5-6-7-8-9-10-11-14-17-15-12-13-16-18-17;1-3-4-2;;/h12-13,15-16H,2-11,14H2,1H3;3-4H2,1-2H3;2*1H. The van der Waals surface area contributed by atoms with E-state index in [9.17, 15) is 0 Å². The second-order valence-electron chi connectivity index (χ2n) is 6.25. The largest absolute Gasteiger partial charge is 0.261 e. The minimum atomic E-state index is 0. The van der Waals surface area contributed by atoms with Crippen LogP contribution in [0, 0.1) is 0 Å². The number of pyridine rings is 1. The minimum Gasteiger partial charge on any atom is -0.261 e. The molecule has 24 heavy (non-hydrogen) atoms. The highest BCUT2D eigenvalue weighted by atomic mass is 35.5. The molecule has 3 heteroatoms. The number of hydrogen-bond acceptors (Lipinski definition) is 1. The molecule has 0 N–H and O–H groups in total. The summed E-state index contributed by atoms with van der Waals surface area (Å²) in [6.45, 7) is 6.64. The predicted molar refractivity (Wildman–Crippen MR) is 115 cm³/mol.